The SMILES string of the molecule is N#Cc1ccc(COc2ccc(F)c(C3=CCN(Cc4nc5ccc(C(=O)O)cc5n4C[C@@H]4CCO4)CC3)c2)c(F)c1. The lowest BCUT2D eigenvalue weighted by atomic mass is 9.98. The fourth-order valence-corrected chi connectivity index (χ4v) is 5.30. The predicted molar refractivity (Wildman–Crippen MR) is 151 cm³/mol. The monoisotopic (exact) mass is 570 g/mol. The Morgan fingerprint density at radius 2 is 2.00 bits per heavy atom. The van der Waals surface area contributed by atoms with E-state index in [0.29, 0.717) is 49.5 Å². The number of nitrogens with zero attached hydrogens (tertiary/aromatic N) is 4. The Morgan fingerprint density at radius 3 is 2.69 bits per heavy atom. The van der Waals surface area contributed by atoms with Crippen LogP contribution in [0.5, 0.6) is 5.75 Å². The van der Waals surface area contributed by atoms with E-state index in [9.17, 15) is 18.7 Å². The number of rotatable bonds is 9. The molecule has 0 saturated carbocycles. The summed E-state index contributed by atoms with van der Waals surface area (Å²) >= 11 is 0. The van der Waals surface area contributed by atoms with Gasteiger partial charge in [0.2, 0.25) is 0 Å². The first-order valence-corrected chi connectivity index (χ1v) is 13.7. The summed E-state index contributed by atoms with van der Waals surface area (Å²) < 4.78 is 42.6. The van der Waals surface area contributed by atoms with Gasteiger partial charge >= 0.3 is 5.97 Å². The number of carbonyl (C=O) groups is 1. The summed E-state index contributed by atoms with van der Waals surface area (Å²) in [5.74, 6) is -0.615. The zero-order valence-corrected chi connectivity index (χ0v) is 22.7. The molecular formula is C32H28F2N4O4. The van der Waals surface area contributed by atoms with Crippen LogP contribution in [0, 0.1) is 23.0 Å². The Hall–Kier alpha value is -4.59. The summed E-state index contributed by atoms with van der Waals surface area (Å²) in [5.41, 5.74) is 3.57. The van der Waals surface area contributed by atoms with Gasteiger partial charge < -0.3 is 19.1 Å². The van der Waals surface area contributed by atoms with Gasteiger partial charge in [-0.05, 0) is 66.9 Å². The fraction of sp³-hybridized carbons (Fsp3) is 0.281. The zero-order valence-electron chi connectivity index (χ0n) is 22.7. The van der Waals surface area contributed by atoms with Gasteiger partial charge in [0.05, 0.1) is 47.4 Å². The lowest BCUT2D eigenvalue weighted by Crippen LogP contribution is -2.33. The first-order chi connectivity index (χ1) is 20.4. The van der Waals surface area contributed by atoms with Crippen LogP contribution in [0.3, 0.4) is 0 Å². The zero-order chi connectivity index (χ0) is 29.2. The topological polar surface area (TPSA) is 101 Å². The van der Waals surface area contributed by atoms with Gasteiger partial charge in [-0.2, -0.15) is 5.26 Å². The minimum absolute atomic E-state index is 0.0453. The number of hydrogen-bond acceptors (Lipinski definition) is 6. The van der Waals surface area contributed by atoms with Crippen LogP contribution in [0.2, 0.25) is 0 Å². The lowest BCUT2D eigenvalue weighted by molar-refractivity contribution is -0.0591. The Labute approximate surface area is 241 Å². The second-order valence-corrected chi connectivity index (χ2v) is 10.5. The van der Waals surface area contributed by atoms with E-state index >= 15 is 0 Å². The van der Waals surface area contributed by atoms with Crippen molar-refractivity contribution in [2.75, 3.05) is 19.7 Å². The quantitative estimate of drug-likeness (QED) is 0.282. The number of imidazole rings is 1. The molecule has 10 heteroatoms. The first-order valence-electron chi connectivity index (χ1n) is 13.7. The van der Waals surface area contributed by atoms with E-state index < -0.39 is 11.8 Å². The van der Waals surface area contributed by atoms with Crippen LogP contribution >= 0.6 is 0 Å². The molecule has 1 aromatic heterocycles. The molecule has 0 bridgehead atoms. The third kappa shape index (κ3) is 5.75. The summed E-state index contributed by atoms with van der Waals surface area (Å²) in [7, 11) is 0. The molecule has 0 amide bonds. The van der Waals surface area contributed by atoms with Crippen LogP contribution in [0.25, 0.3) is 16.6 Å². The lowest BCUT2D eigenvalue weighted by Gasteiger charge is -2.29. The number of nitriles is 1. The number of benzene rings is 3. The summed E-state index contributed by atoms with van der Waals surface area (Å²) in [6, 6.07) is 15.6. The summed E-state index contributed by atoms with van der Waals surface area (Å²) in [4.78, 5) is 18.6. The number of fused-ring (bicyclic) bond motifs is 1. The van der Waals surface area contributed by atoms with Gasteiger partial charge in [-0.25, -0.2) is 18.6 Å². The highest BCUT2D eigenvalue weighted by atomic mass is 19.1. The molecule has 8 nitrogen and oxygen atoms in total. The van der Waals surface area contributed by atoms with Gasteiger partial charge in [-0.3, -0.25) is 4.90 Å². The van der Waals surface area contributed by atoms with E-state index in [-0.39, 0.29) is 29.7 Å². The Balaban J connectivity index is 1.16. The van der Waals surface area contributed by atoms with E-state index in [1.54, 1.807) is 24.3 Å². The Bertz CT molecular complexity index is 1740. The molecule has 0 aliphatic carbocycles. The molecule has 3 heterocycles. The van der Waals surface area contributed by atoms with Gasteiger partial charge in [0.1, 0.15) is 29.8 Å². The van der Waals surface area contributed by atoms with Crippen molar-refractivity contribution in [2.45, 2.75) is 38.6 Å². The van der Waals surface area contributed by atoms with E-state index in [2.05, 4.69) is 9.47 Å². The van der Waals surface area contributed by atoms with Crippen molar-refractivity contribution >= 4 is 22.6 Å². The molecule has 1 N–H and O–H groups in total. The molecule has 4 aromatic rings. The number of aromatic nitrogens is 2. The predicted octanol–water partition coefficient (Wildman–Crippen LogP) is 5.54. The van der Waals surface area contributed by atoms with Crippen LogP contribution in [0.15, 0.2) is 60.7 Å². The maximum absolute atomic E-state index is 14.9. The van der Waals surface area contributed by atoms with E-state index in [0.717, 1.165) is 41.5 Å². The smallest absolute Gasteiger partial charge is 0.335 e. The van der Waals surface area contributed by atoms with Gasteiger partial charge in [0.25, 0.3) is 0 Å². The molecule has 1 fully saturated rings. The number of aromatic carboxylic acids is 1. The Morgan fingerprint density at radius 1 is 1.14 bits per heavy atom. The van der Waals surface area contributed by atoms with Crippen molar-refractivity contribution in [3.63, 3.8) is 0 Å². The summed E-state index contributed by atoms with van der Waals surface area (Å²) in [6.45, 7) is 3.10. The molecule has 2 aliphatic rings. The number of carboxylic acid groups (broad SMARTS) is 1. The van der Waals surface area contributed by atoms with E-state index in [1.807, 2.05) is 12.1 Å². The standard InChI is InChI=1S/C32H28F2N4O4/c33-27-5-4-24(42-19-23-2-1-20(16-35)13-28(23)34)15-26(27)21-7-10-37(11-8-21)18-31-36-29-6-3-22(32(39)40)14-30(29)38(31)17-25-9-12-41-25/h1-7,13-15,25H,8-12,17-19H2,(H,39,40)/t25-/m0/s1. The summed E-state index contributed by atoms with van der Waals surface area (Å²) in [5, 5.41) is 18.4. The number of hydrogen-bond donors (Lipinski definition) is 1. The van der Waals surface area contributed by atoms with Gasteiger partial charge in [-0.15, -0.1) is 0 Å². The van der Waals surface area contributed by atoms with Gasteiger partial charge in [0, 0.05) is 30.8 Å². The minimum atomic E-state index is -0.983. The van der Waals surface area contributed by atoms with Crippen molar-refractivity contribution in [1.29, 1.82) is 5.26 Å². The van der Waals surface area contributed by atoms with Crippen LogP contribution in [-0.4, -0.2) is 51.3 Å². The third-order valence-corrected chi connectivity index (χ3v) is 7.77. The molecule has 1 saturated heterocycles. The van der Waals surface area contributed by atoms with Crippen LogP contribution < -0.4 is 4.74 Å². The number of carboxylic acids is 1. The molecule has 3 aromatic carbocycles. The maximum Gasteiger partial charge on any atom is 0.335 e. The number of ether oxygens (including phenoxy) is 2. The molecule has 0 radical (unpaired) electrons. The minimum Gasteiger partial charge on any atom is -0.489 e. The largest absolute Gasteiger partial charge is 0.489 e. The van der Waals surface area contributed by atoms with Gasteiger partial charge in [0.15, 0.2) is 0 Å². The average Bonchev–Trinajstić information content (AvgIpc) is 3.31. The second-order valence-electron chi connectivity index (χ2n) is 10.5. The number of halogens is 2. The molecule has 42 heavy (non-hydrogen) atoms. The van der Waals surface area contributed by atoms with Gasteiger partial charge in [-0.1, -0.05) is 12.1 Å². The highest BCUT2D eigenvalue weighted by Crippen LogP contribution is 2.30. The second kappa shape index (κ2) is 11.7. The highest BCUT2D eigenvalue weighted by molar-refractivity contribution is 5.92. The molecule has 0 spiro atoms. The van der Waals surface area contributed by atoms with Crippen molar-refractivity contribution in [3.05, 3.63) is 100 Å². The third-order valence-electron chi connectivity index (χ3n) is 7.77. The molecule has 0 unspecified atom stereocenters. The summed E-state index contributed by atoms with van der Waals surface area (Å²) in [6.07, 6.45) is 3.63. The Kier molecular flexibility index (Phi) is 7.69. The molecular weight excluding hydrogens is 542 g/mol. The van der Waals surface area contributed by atoms with Crippen LogP contribution in [0.1, 0.15) is 45.7 Å². The first kappa shape index (κ1) is 27.6. The maximum atomic E-state index is 14.9. The van der Waals surface area contributed by atoms with Crippen LogP contribution in [-0.2, 0) is 24.4 Å². The fourth-order valence-electron chi connectivity index (χ4n) is 5.30. The van der Waals surface area contributed by atoms with E-state index in [1.165, 1.54) is 24.3 Å². The van der Waals surface area contributed by atoms with Crippen molar-refractivity contribution in [3.8, 4) is 11.8 Å². The van der Waals surface area contributed by atoms with Crippen LogP contribution in [0.4, 0.5) is 8.78 Å². The average molecular weight is 571 g/mol. The van der Waals surface area contributed by atoms with Crippen molar-refractivity contribution in [1.82, 2.24) is 14.5 Å². The molecule has 6 rings (SSSR count). The van der Waals surface area contributed by atoms with E-state index in [4.69, 9.17) is 19.7 Å². The molecule has 214 valence electrons. The highest BCUT2D eigenvalue weighted by Gasteiger charge is 2.24. The molecule has 2 aliphatic heterocycles. The van der Waals surface area contributed by atoms with Crippen molar-refractivity contribution < 1.29 is 28.2 Å². The van der Waals surface area contributed by atoms with Crippen molar-refractivity contribution in [2.24, 2.45) is 0 Å². The molecule has 1 atom stereocenters. The normalized spacial score (nSPS) is 17.0.